The SMILES string of the molecule is Cc1cccc(OC(CC(C)C2CC2)n2ncn(C)c2=S)c1C. The molecule has 0 aliphatic heterocycles. The molecule has 0 spiro atoms. The molecule has 0 radical (unpaired) electrons. The van der Waals surface area contributed by atoms with Crippen LogP contribution in [0.3, 0.4) is 0 Å². The van der Waals surface area contributed by atoms with Crippen LogP contribution in [-0.2, 0) is 7.05 Å². The van der Waals surface area contributed by atoms with Gasteiger partial charge in [0.1, 0.15) is 12.1 Å². The summed E-state index contributed by atoms with van der Waals surface area (Å²) in [5.41, 5.74) is 2.42. The number of hydrogen-bond acceptors (Lipinski definition) is 3. The minimum atomic E-state index is -0.153. The van der Waals surface area contributed by atoms with Crippen LogP contribution in [0.5, 0.6) is 5.75 Å². The lowest BCUT2D eigenvalue weighted by molar-refractivity contribution is 0.0851. The van der Waals surface area contributed by atoms with Crippen molar-refractivity contribution in [2.45, 2.75) is 46.3 Å². The third-order valence-electron chi connectivity index (χ3n) is 4.94. The van der Waals surface area contributed by atoms with E-state index in [9.17, 15) is 0 Å². The second-order valence-corrected chi connectivity index (χ2v) is 7.16. The molecule has 2 unspecified atom stereocenters. The van der Waals surface area contributed by atoms with Crippen molar-refractivity contribution < 1.29 is 4.74 Å². The Morgan fingerprint density at radius 1 is 1.35 bits per heavy atom. The number of aromatic nitrogens is 3. The van der Waals surface area contributed by atoms with Crippen LogP contribution in [-0.4, -0.2) is 14.3 Å². The lowest BCUT2D eigenvalue weighted by Crippen LogP contribution is -2.21. The predicted molar refractivity (Wildman–Crippen MR) is 94.1 cm³/mol. The number of nitrogens with zero attached hydrogens (tertiary/aromatic N) is 3. The molecule has 1 aliphatic rings. The van der Waals surface area contributed by atoms with Gasteiger partial charge in [0.15, 0.2) is 6.23 Å². The van der Waals surface area contributed by atoms with Crippen LogP contribution in [0.25, 0.3) is 0 Å². The lowest BCUT2D eigenvalue weighted by atomic mass is 10.0. The van der Waals surface area contributed by atoms with E-state index in [-0.39, 0.29) is 6.23 Å². The molecule has 1 aliphatic carbocycles. The zero-order valence-electron chi connectivity index (χ0n) is 14.3. The maximum atomic E-state index is 6.38. The molecule has 0 amide bonds. The molecule has 2 atom stereocenters. The Hall–Kier alpha value is -1.62. The molecule has 23 heavy (non-hydrogen) atoms. The van der Waals surface area contributed by atoms with E-state index in [0.717, 1.165) is 18.1 Å². The Labute approximate surface area is 143 Å². The fourth-order valence-corrected chi connectivity index (χ4v) is 3.17. The first-order valence-electron chi connectivity index (χ1n) is 8.30. The van der Waals surface area contributed by atoms with Gasteiger partial charge in [-0.3, -0.25) is 0 Å². The zero-order valence-corrected chi connectivity index (χ0v) is 15.1. The summed E-state index contributed by atoms with van der Waals surface area (Å²) in [4.78, 5) is 0. The molecular formula is C18H25N3OS. The maximum Gasteiger partial charge on any atom is 0.200 e. The zero-order chi connectivity index (χ0) is 16.6. The van der Waals surface area contributed by atoms with Gasteiger partial charge in [0.25, 0.3) is 0 Å². The Morgan fingerprint density at radius 2 is 2.09 bits per heavy atom. The van der Waals surface area contributed by atoms with Crippen LogP contribution >= 0.6 is 12.2 Å². The summed E-state index contributed by atoms with van der Waals surface area (Å²) in [7, 11) is 1.92. The molecule has 4 nitrogen and oxygen atoms in total. The van der Waals surface area contributed by atoms with Crippen LogP contribution in [0.15, 0.2) is 24.5 Å². The van der Waals surface area contributed by atoms with E-state index >= 15 is 0 Å². The molecule has 124 valence electrons. The molecule has 1 fully saturated rings. The van der Waals surface area contributed by atoms with Crippen LogP contribution < -0.4 is 4.74 Å². The van der Waals surface area contributed by atoms with Crippen LogP contribution in [0.4, 0.5) is 0 Å². The van der Waals surface area contributed by atoms with Gasteiger partial charge in [-0.15, -0.1) is 0 Å². The van der Waals surface area contributed by atoms with Crippen LogP contribution in [0.1, 0.15) is 43.5 Å². The summed E-state index contributed by atoms with van der Waals surface area (Å²) in [6, 6.07) is 6.18. The third-order valence-corrected chi connectivity index (χ3v) is 5.41. The van der Waals surface area contributed by atoms with Crippen molar-refractivity contribution in [1.82, 2.24) is 14.3 Å². The van der Waals surface area contributed by atoms with Gasteiger partial charge in [-0.1, -0.05) is 19.1 Å². The molecule has 0 bridgehead atoms. The number of ether oxygens (including phenoxy) is 1. The Kier molecular flexibility index (Phi) is 4.57. The van der Waals surface area contributed by atoms with E-state index in [4.69, 9.17) is 17.0 Å². The van der Waals surface area contributed by atoms with Crippen molar-refractivity contribution >= 4 is 12.2 Å². The molecule has 0 N–H and O–H groups in total. The van der Waals surface area contributed by atoms with E-state index in [0.29, 0.717) is 10.7 Å². The van der Waals surface area contributed by atoms with Crippen molar-refractivity contribution in [3.63, 3.8) is 0 Å². The highest BCUT2D eigenvalue weighted by Crippen LogP contribution is 2.40. The highest BCUT2D eigenvalue weighted by molar-refractivity contribution is 7.71. The fraction of sp³-hybridized carbons (Fsp3) is 0.556. The molecule has 1 saturated carbocycles. The maximum absolute atomic E-state index is 6.38. The van der Waals surface area contributed by atoms with Gasteiger partial charge in [0.2, 0.25) is 4.77 Å². The van der Waals surface area contributed by atoms with Gasteiger partial charge in [-0.2, -0.15) is 9.78 Å². The van der Waals surface area contributed by atoms with Crippen LogP contribution in [0.2, 0.25) is 0 Å². The second kappa shape index (κ2) is 6.48. The van der Waals surface area contributed by atoms with E-state index in [2.05, 4.69) is 31.9 Å². The molecule has 0 saturated heterocycles. The Balaban J connectivity index is 1.89. The number of benzene rings is 1. The van der Waals surface area contributed by atoms with Crippen molar-refractivity contribution in [3.8, 4) is 5.75 Å². The highest BCUT2D eigenvalue weighted by Gasteiger charge is 2.31. The molecule has 1 aromatic heterocycles. The first-order chi connectivity index (χ1) is 11.0. The standard InChI is InChI=1S/C18H25N3OS/c1-12-6-5-7-16(14(12)3)22-17(10-13(2)15-8-9-15)21-18(23)20(4)11-19-21/h5-7,11,13,15,17H,8-10H2,1-4H3. The van der Waals surface area contributed by atoms with Gasteiger partial charge >= 0.3 is 0 Å². The van der Waals surface area contributed by atoms with Crippen molar-refractivity contribution in [3.05, 3.63) is 40.4 Å². The normalized spacial score (nSPS) is 17.0. The summed E-state index contributed by atoms with van der Waals surface area (Å²) in [6.45, 7) is 6.52. The minimum Gasteiger partial charge on any atom is -0.468 e. The average Bonchev–Trinajstić information content (AvgIpc) is 3.31. The highest BCUT2D eigenvalue weighted by atomic mass is 32.1. The summed E-state index contributed by atoms with van der Waals surface area (Å²) < 4.78 is 10.8. The van der Waals surface area contributed by atoms with Gasteiger partial charge in [0, 0.05) is 13.5 Å². The van der Waals surface area contributed by atoms with Crippen molar-refractivity contribution in [2.24, 2.45) is 18.9 Å². The minimum absolute atomic E-state index is 0.153. The Bertz CT molecular complexity index is 745. The molecule has 1 aromatic carbocycles. The monoisotopic (exact) mass is 331 g/mol. The summed E-state index contributed by atoms with van der Waals surface area (Å²) >= 11 is 5.50. The largest absolute Gasteiger partial charge is 0.468 e. The number of aryl methyl sites for hydroxylation is 2. The topological polar surface area (TPSA) is 32.0 Å². The van der Waals surface area contributed by atoms with Gasteiger partial charge in [-0.25, -0.2) is 0 Å². The molecular weight excluding hydrogens is 306 g/mol. The first kappa shape index (κ1) is 16.2. The number of hydrogen-bond donors (Lipinski definition) is 0. The second-order valence-electron chi connectivity index (χ2n) is 6.79. The summed E-state index contributed by atoms with van der Waals surface area (Å²) in [6.07, 6.45) is 5.21. The van der Waals surface area contributed by atoms with E-state index < -0.39 is 0 Å². The van der Waals surface area contributed by atoms with Crippen LogP contribution in [0, 0.1) is 30.5 Å². The Morgan fingerprint density at radius 3 is 2.70 bits per heavy atom. The average molecular weight is 331 g/mol. The van der Waals surface area contributed by atoms with E-state index in [1.807, 2.05) is 28.4 Å². The predicted octanol–water partition coefficient (Wildman–Crippen LogP) is 4.58. The van der Waals surface area contributed by atoms with Gasteiger partial charge < -0.3 is 9.30 Å². The van der Waals surface area contributed by atoms with Gasteiger partial charge in [0.05, 0.1) is 0 Å². The molecule has 3 rings (SSSR count). The first-order valence-corrected chi connectivity index (χ1v) is 8.71. The quantitative estimate of drug-likeness (QED) is 0.726. The summed E-state index contributed by atoms with van der Waals surface area (Å²) in [5.74, 6) is 2.37. The van der Waals surface area contributed by atoms with E-state index in [1.165, 1.54) is 24.0 Å². The molecule has 1 heterocycles. The molecule has 5 heteroatoms. The van der Waals surface area contributed by atoms with Gasteiger partial charge in [-0.05, 0) is 67.9 Å². The van der Waals surface area contributed by atoms with Crippen molar-refractivity contribution in [2.75, 3.05) is 0 Å². The van der Waals surface area contributed by atoms with Crippen molar-refractivity contribution in [1.29, 1.82) is 0 Å². The third kappa shape index (κ3) is 3.50. The smallest absolute Gasteiger partial charge is 0.200 e. The summed E-state index contributed by atoms with van der Waals surface area (Å²) in [5, 5.41) is 4.45. The fourth-order valence-electron chi connectivity index (χ4n) is 2.96. The lowest BCUT2D eigenvalue weighted by Gasteiger charge is -2.24. The van der Waals surface area contributed by atoms with E-state index in [1.54, 1.807) is 6.33 Å². The number of rotatable bonds is 6. The molecule has 2 aromatic rings.